The summed E-state index contributed by atoms with van der Waals surface area (Å²) in [7, 11) is 1.82. The van der Waals surface area contributed by atoms with Gasteiger partial charge in [-0.2, -0.15) is 0 Å². The Bertz CT molecular complexity index is 1560. The molecule has 38 heteroatoms. The normalized spacial score (nSPS) is 12.3. The van der Waals surface area contributed by atoms with Crippen molar-refractivity contribution in [1.82, 2.24) is 0 Å². The fraction of sp³-hybridized carbons (Fsp3) is 0.755. The van der Waals surface area contributed by atoms with Gasteiger partial charge >= 0.3 is 0 Å². The van der Waals surface area contributed by atoms with E-state index in [1.54, 1.807) is 41.3 Å². The quantitative estimate of drug-likeness (QED) is 0.0241. The second-order valence-electron chi connectivity index (χ2n) is 19.1. The van der Waals surface area contributed by atoms with Gasteiger partial charge in [-0.3, -0.25) is 25.0 Å². The predicted octanol–water partition coefficient (Wildman–Crippen LogP) is 5.67. The third-order valence-electron chi connectivity index (χ3n) is 11.1. The number of hydrogen-bond donors (Lipinski definition) is 18. The van der Waals surface area contributed by atoms with Crippen molar-refractivity contribution in [2.45, 2.75) is 211 Å². The van der Waals surface area contributed by atoms with Crippen molar-refractivity contribution in [3.63, 3.8) is 0 Å². The summed E-state index contributed by atoms with van der Waals surface area (Å²) in [5.74, 6) is 0. The van der Waals surface area contributed by atoms with Crippen molar-refractivity contribution < 1.29 is 243 Å². The SMILES string of the molecule is C=CC(O)C=N.CC(O)C=N.CCC(O)C=N.CCC(O)C=NC.CC[Si](CC)(CC)C(O)C=N.CC[Si](CC)(CC)C(O)C=NC.CN=CC(C)O.CN=CC(O)(O)[Si](C)(C)C.CN=CCO.C[Si](C)(C)C(O)C=N.N=CCO.[Ni].[Ni].[Ni].[Ni].[Ni].[Ni].[Ni].[Ni].[Ni].[Ni].[Ni]. The first-order valence-electron chi connectivity index (χ1n) is 26.8. The molecule has 8 atom stereocenters. The maximum absolute atomic E-state index is 9.87. The Balaban J connectivity index is -0.0000000288. The minimum Gasteiger partial charge on any atom is -0.391 e. The monoisotopic (exact) mass is 1860 g/mol. The molecular formula is C53H123N11Ni11O12Si4. The van der Waals surface area contributed by atoms with E-state index < -0.39 is 73.6 Å². The van der Waals surface area contributed by atoms with Crippen LogP contribution >= 0.6 is 0 Å². The zero-order chi connectivity index (χ0) is 66.2. The first-order chi connectivity index (χ1) is 36.9. The number of rotatable bonds is 24. The number of nitrogens with zero attached hydrogens (tertiary/aromatic N) is 5. The molecule has 0 aromatic heterocycles. The molecule has 0 heterocycles. The van der Waals surface area contributed by atoms with Gasteiger partial charge in [0, 0.05) is 279 Å². The second-order valence-corrected chi connectivity index (χ2v) is 40.6. The Kier molecular flexibility index (Phi) is 190. The van der Waals surface area contributed by atoms with Crippen LogP contribution in [-0.2, 0) is 181 Å². The van der Waals surface area contributed by atoms with Gasteiger partial charge in [0.2, 0.25) is 0 Å². The van der Waals surface area contributed by atoms with Crippen LogP contribution in [0.4, 0.5) is 0 Å². The van der Waals surface area contributed by atoms with Crippen LogP contribution in [0.2, 0.25) is 75.5 Å². The zero-order valence-corrected chi connectivity index (χ0v) is 71.8. The molecule has 0 aliphatic rings. The molecular weight excluding hydrogens is 1740 g/mol. The van der Waals surface area contributed by atoms with Gasteiger partial charge in [-0.05, 0) is 26.7 Å². The second kappa shape index (κ2) is 111. The largest absolute Gasteiger partial charge is 0.391 e. The number of hydrogen-bond acceptors (Lipinski definition) is 23. The van der Waals surface area contributed by atoms with Crippen LogP contribution in [0.3, 0.4) is 0 Å². The van der Waals surface area contributed by atoms with E-state index in [0.29, 0.717) is 6.42 Å². The van der Waals surface area contributed by atoms with Gasteiger partial charge in [0.1, 0.15) is 14.2 Å². The van der Waals surface area contributed by atoms with E-state index in [1.807, 2.05) is 53.1 Å². The summed E-state index contributed by atoms with van der Waals surface area (Å²) >= 11 is 0. The summed E-state index contributed by atoms with van der Waals surface area (Å²) in [5, 5.41) is 144. The number of aliphatic hydroxyl groups excluding tert-OH is 10. The van der Waals surface area contributed by atoms with E-state index in [2.05, 4.69) is 73.1 Å². The van der Waals surface area contributed by atoms with Gasteiger partial charge in [0.05, 0.1) is 85.2 Å². The number of aliphatic hydroxyl groups is 12. The number of aliphatic imine (C=N–C) groups is 5. The zero-order valence-electron chi connectivity index (χ0n) is 56.9. The van der Waals surface area contributed by atoms with Crippen LogP contribution < -0.4 is 0 Å². The minimum atomic E-state index is -1.94. The first kappa shape index (κ1) is 156. The summed E-state index contributed by atoms with van der Waals surface area (Å²) in [5.41, 5.74) is -2.81. The molecule has 0 bridgehead atoms. The summed E-state index contributed by atoms with van der Waals surface area (Å²) in [6.07, 6.45) is 13.6. The molecule has 0 saturated heterocycles. The molecule has 8 unspecified atom stereocenters. The molecule has 0 aromatic rings. The first-order valence-corrected chi connectivity index (χ1v) is 39.3. The fourth-order valence-corrected chi connectivity index (χ4v) is 12.0. The maximum Gasteiger partial charge on any atom is 0.179 e. The Morgan fingerprint density at radius 2 is 0.725 bits per heavy atom. The molecule has 18 N–H and O–H groups in total. The molecule has 0 aliphatic heterocycles. The third kappa shape index (κ3) is 119. The third-order valence-corrected chi connectivity index (χ3v) is 26.7. The van der Waals surface area contributed by atoms with Crippen LogP contribution in [0, 0.1) is 32.5 Å². The summed E-state index contributed by atoms with van der Waals surface area (Å²) in [6, 6.07) is 6.68. The number of nitrogens with one attached hydrogen (secondary N) is 6. The van der Waals surface area contributed by atoms with Crippen molar-refractivity contribution in [3.05, 3.63) is 12.7 Å². The van der Waals surface area contributed by atoms with Crippen LogP contribution in [-0.4, -0.2) is 263 Å². The molecule has 588 valence electrons. The van der Waals surface area contributed by atoms with Crippen LogP contribution in [0.15, 0.2) is 37.6 Å². The van der Waals surface area contributed by atoms with Crippen LogP contribution in [0.5, 0.6) is 0 Å². The van der Waals surface area contributed by atoms with Crippen molar-refractivity contribution in [2.24, 2.45) is 25.0 Å². The maximum atomic E-state index is 9.87. The Hall–Kier alpha value is 1.93. The van der Waals surface area contributed by atoms with Crippen molar-refractivity contribution >= 4 is 101 Å². The molecule has 0 aromatic carbocycles. The van der Waals surface area contributed by atoms with Gasteiger partial charge < -0.3 is 93.7 Å². The molecule has 23 nitrogen and oxygen atoms in total. The average molecular weight is 1860 g/mol. The van der Waals surface area contributed by atoms with E-state index in [4.69, 9.17) is 73.3 Å². The Morgan fingerprint density at radius 1 is 0.418 bits per heavy atom. The van der Waals surface area contributed by atoms with Gasteiger partial charge in [-0.25, -0.2) is 0 Å². The van der Waals surface area contributed by atoms with Gasteiger partial charge in [-0.15, -0.1) is 6.58 Å². The summed E-state index contributed by atoms with van der Waals surface area (Å²) < 4.78 is 0. The van der Waals surface area contributed by atoms with Gasteiger partial charge in [0.25, 0.3) is 0 Å². The molecule has 0 amide bonds. The smallest absolute Gasteiger partial charge is 0.179 e. The minimum absolute atomic E-state index is 0. The van der Waals surface area contributed by atoms with E-state index in [-0.39, 0.29) is 206 Å². The molecule has 0 rings (SSSR count). The van der Waals surface area contributed by atoms with Gasteiger partial charge in [-0.1, -0.05) is 137 Å². The predicted molar refractivity (Wildman–Crippen MR) is 357 cm³/mol. The fourth-order valence-electron chi connectivity index (χ4n) is 4.62. The molecule has 0 fully saturated rings. The van der Waals surface area contributed by atoms with E-state index >= 15 is 0 Å². The standard InChI is InChI=1S/C9H21NOSi.C8H19NOSi.C6H15NO2Si.C5H13NOSi.C5H11NO.2C4H9NO.C4H7NO.2C3H7NO.C2H5NO.11Ni/c1-5-12(6-2,7-3)9(11)8-10-4;1-4-11(5-2,6-3)8(10)7-9;1-7-5-6(8,9)10(2,3)4;1-8(2,3)5(7)4-6;1-3-5(7)4-6-2;1-4(6)3-5-2;2*1-2-4(6)3-5;1-4-2-3-5;1-3(5)2-4;3-1-2-4;;;;;;;;;;;/h8-9,11H,5-7H2,1-4H3;7-10H,4-6H2,1-3H3;5,8-9H,1-4H3;4-7H,1-3H3;4-5,7H,3H2,1-2H3;3-4,6H,1-2H3;3-6H,2H2,1H3;2-6H,1H2;2,5H,3H2,1H3;2-5H,1H3;1,3-4H,2H2;;;;;;;;;;;. The van der Waals surface area contributed by atoms with E-state index in [0.717, 1.165) is 73.8 Å². The van der Waals surface area contributed by atoms with Gasteiger partial charge in [0.15, 0.2) is 5.41 Å². The summed E-state index contributed by atoms with van der Waals surface area (Å²) in [6.45, 7) is 34.7. The Morgan fingerprint density at radius 3 is 0.791 bits per heavy atom. The average Bonchev–Trinajstić information content (AvgIpc) is 3.42. The van der Waals surface area contributed by atoms with Crippen molar-refractivity contribution in [2.75, 3.05) is 48.5 Å². The molecule has 0 radical (unpaired) electrons. The molecule has 0 aliphatic carbocycles. The van der Waals surface area contributed by atoms with E-state index in [9.17, 15) is 20.4 Å². The van der Waals surface area contributed by atoms with Crippen LogP contribution in [0.1, 0.15) is 82.1 Å². The summed E-state index contributed by atoms with van der Waals surface area (Å²) in [4.78, 5) is 18.2. The van der Waals surface area contributed by atoms with Crippen LogP contribution in [0.25, 0.3) is 0 Å². The molecule has 0 saturated carbocycles. The molecule has 91 heavy (non-hydrogen) atoms. The van der Waals surface area contributed by atoms with E-state index in [1.165, 1.54) is 51.1 Å². The topological polar surface area (TPSA) is 448 Å². The van der Waals surface area contributed by atoms with Crippen molar-refractivity contribution in [3.8, 4) is 0 Å². The van der Waals surface area contributed by atoms with Crippen molar-refractivity contribution in [1.29, 1.82) is 32.5 Å². The molecule has 0 spiro atoms. The Labute approximate surface area is 665 Å².